The minimum absolute atomic E-state index is 0.518. The SMILES string of the molecule is CC(N)=Nc1cc(Cl)cc(Br)c1. The van der Waals surface area contributed by atoms with Crippen LogP contribution in [0.1, 0.15) is 6.92 Å². The van der Waals surface area contributed by atoms with E-state index in [0.717, 1.165) is 10.2 Å². The summed E-state index contributed by atoms with van der Waals surface area (Å²) in [6.45, 7) is 1.73. The molecule has 1 rings (SSSR count). The van der Waals surface area contributed by atoms with Crippen LogP contribution < -0.4 is 5.73 Å². The van der Waals surface area contributed by atoms with Crippen LogP contribution >= 0.6 is 27.5 Å². The molecular formula is C8H8BrClN2. The zero-order valence-corrected chi connectivity index (χ0v) is 8.85. The average Bonchev–Trinajstić information content (AvgIpc) is 1.81. The van der Waals surface area contributed by atoms with E-state index in [1.54, 1.807) is 19.1 Å². The predicted molar refractivity (Wildman–Crippen MR) is 56.1 cm³/mol. The molecular weight excluding hydrogens is 239 g/mol. The largest absolute Gasteiger partial charge is 0.387 e. The molecule has 0 saturated carbocycles. The summed E-state index contributed by atoms with van der Waals surface area (Å²) in [4.78, 5) is 4.06. The molecule has 0 unspecified atom stereocenters. The lowest BCUT2D eigenvalue weighted by Crippen LogP contribution is -2.03. The number of amidine groups is 1. The quantitative estimate of drug-likeness (QED) is 0.601. The zero-order chi connectivity index (χ0) is 9.14. The van der Waals surface area contributed by atoms with Crippen LogP contribution in [0.3, 0.4) is 0 Å². The van der Waals surface area contributed by atoms with E-state index >= 15 is 0 Å². The molecule has 0 heterocycles. The van der Waals surface area contributed by atoms with Crippen LogP contribution in [0.25, 0.3) is 0 Å². The molecule has 12 heavy (non-hydrogen) atoms. The van der Waals surface area contributed by atoms with Crippen LogP contribution in [0.4, 0.5) is 5.69 Å². The topological polar surface area (TPSA) is 38.4 Å². The Kier molecular flexibility index (Phi) is 3.12. The molecule has 0 saturated heterocycles. The van der Waals surface area contributed by atoms with Crippen LogP contribution in [0, 0.1) is 0 Å². The first kappa shape index (κ1) is 9.55. The Hall–Kier alpha value is -0.540. The Morgan fingerprint density at radius 3 is 2.67 bits per heavy atom. The van der Waals surface area contributed by atoms with E-state index in [0.29, 0.717) is 10.9 Å². The smallest absolute Gasteiger partial charge is 0.0964 e. The second-order valence-corrected chi connectivity index (χ2v) is 3.73. The zero-order valence-electron chi connectivity index (χ0n) is 6.51. The van der Waals surface area contributed by atoms with Crippen LogP contribution in [-0.4, -0.2) is 5.84 Å². The first-order valence-electron chi connectivity index (χ1n) is 3.35. The number of nitrogens with zero attached hydrogens (tertiary/aromatic N) is 1. The number of nitrogens with two attached hydrogens (primary N) is 1. The fourth-order valence-corrected chi connectivity index (χ4v) is 1.65. The minimum atomic E-state index is 0.518. The Balaban J connectivity index is 3.09. The van der Waals surface area contributed by atoms with Gasteiger partial charge in [0.15, 0.2) is 0 Å². The molecule has 0 bridgehead atoms. The van der Waals surface area contributed by atoms with E-state index in [1.165, 1.54) is 0 Å². The molecule has 0 aliphatic rings. The van der Waals surface area contributed by atoms with Crippen LogP contribution in [0.2, 0.25) is 5.02 Å². The molecule has 0 atom stereocenters. The van der Waals surface area contributed by atoms with Crippen molar-refractivity contribution in [3.8, 4) is 0 Å². The average molecular weight is 248 g/mol. The maximum absolute atomic E-state index is 5.79. The highest BCUT2D eigenvalue weighted by molar-refractivity contribution is 9.10. The molecule has 4 heteroatoms. The Morgan fingerprint density at radius 1 is 1.50 bits per heavy atom. The summed E-state index contributed by atoms with van der Waals surface area (Å²) < 4.78 is 0.898. The summed E-state index contributed by atoms with van der Waals surface area (Å²) in [7, 11) is 0. The van der Waals surface area contributed by atoms with Crippen molar-refractivity contribution in [1.29, 1.82) is 0 Å². The molecule has 0 aliphatic heterocycles. The van der Waals surface area contributed by atoms with E-state index in [2.05, 4.69) is 20.9 Å². The van der Waals surface area contributed by atoms with Gasteiger partial charge in [-0.25, -0.2) is 4.99 Å². The standard InChI is InChI=1S/C8H8BrClN2/c1-5(11)12-8-3-6(9)2-7(10)4-8/h2-4H,1H3,(H2,11,12). The molecule has 1 aromatic rings. The highest BCUT2D eigenvalue weighted by Crippen LogP contribution is 2.24. The van der Waals surface area contributed by atoms with Crippen LogP contribution in [0.15, 0.2) is 27.7 Å². The van der Waals surface area contributed by atoms with Crippen molar-refractivity contribution in [2.75, 3.05) is 0 Å². The Labute approximate surface area is 84.6 Å². The lowest BCUT2D eigenvalue weighted by atomic mass is 10.3. The maximum Gasteiger partial charge on any atom is 0.0964 e. The van der Waals surface area contributed by atoms with E-state index in [-0.39, 0.29) is 0 Å². The molecule has 1 aromatic carbocycles. The molecule has 2 nitrogen and oxygen atoms in total. The third-order valence-corrected chi connectivity index (χ3v) is 1.83. The van der Waals surface area contributed by atoms with Crippen molar-refractivity contribution in [2.45, 2.75) is 6.92 Å². The van der Waals surface area contributed by atoms with Crippen molar-refractivity contribution in [2.24, 2.45) is 10.7 Å². The number of rotatable bonds is 1. The molecule has 0 aliphatic carbocycles. The number of halogens is 2. The second kappa shape index (κ2) is 3.92. The Morgan fingerprint density at radius 2 is 2.17 bits per heavy atom. The number of hydrogen-bond donors (Lipinski definition) is 1. The van der Waals surface area contributed by atoms with Crippen molar-refractivity contribution in [3.63, 3.8) is 0 Å². The molecule has 0 radical (unpaired) electrons. The summed E-state index contributed by atoms with van der Waals surface area (Å²) in [5.41, 5.74) is 6.17. The number of hydrogen-bond acceptors (Lipinski definition) is 1. The third-order valence-electron chi connectivity index (χ3n) is 1.15. The van der Waals surface area contributed by atoms with Crippen molar-refractivity contribution < 1.29 is 0 Å². The Bertz CT molecular complexity index is 299. The summed E-state index contributed by atoms with van der Waals surface area (Å²) in [6, 6.07) is 5.40. The van der Waals surface area contributed by atoms with Gasteiger partial charge in [-0.1, -0.05) is 27.5 Å². The normalized spacial score (nSPS) is 11.8. The van der Waals surface area contributed by atoms with Gasteiger partial charge in [0.05, 0.1) is 11.5 Å². The van der Waals surface area contributed by atoms with Gasteiger partial charge in [0.2, 0.25) is 0 Å². The molecule has 0 spiro atoms. The van der Waals surface area contributed by atoms with Gasteiger partial charge in [-0.15, -0.1) is 0 Å². The van der Waals surface area contributed by atoms with Crippen LogP contribution in [-0.2, 0) is 0 Å². The monoisotopic (exact) mass is 246 g/mol. The molecule has 0 amide bonds. The molecule has 64 valence electrons. The van der Waals surface area contributed by atoms with E-state index in [1.807, 2.05) is 6.07 Å². The summed E-state index contributed by atoms with van der Waals surface area (Å²) in [5.74, 6) is 0.518. The van der Waals surface area contributed by atoms with E-state index in [9.17, 15) is 0 Å². The lowest BCUT2D eigenvalue weighted by Gasteiger charge is -1.97. The summed E-state index contributed by atoms with van der Waals surface area (Å²) >= 11 is 9.10. The van der Waals surface area contributed by atoms with Crippen LogP contribution in [0.5, 0.6) is 0 Å². The van der Waals surface area contributed by atoms with E-state index in [4.69, 9.17) is 17.3 Å². The van der Waals surface area contributed by atoms with Gasteiger partial charge in [-0.2, -0.15) is 0 Å². The van der Waals surface area contributed by atoms with Crippen molar-refractivity contribution in [1.82, 2.24) is 0 Å². The second-order valence-electron chi connectivity index (χ2n) is 2.38. The van der Waals surface area contributed by atoms with Gasteiger partial charge in [0.25, 0.3) is 0 Å². The maximum atomic E-state index is 5.79. The van der Waals surface area contributed by atoms with Gasteiger partial charge < -0.3 is 5.73 Å². The molecule has 2 N–H and O–H groups in total. The van der Waals surface area contributed by atoms with Gasteiger partial charge in [-0.05, 0) is 25.1 Å². The minimum Gasteiger partial charge on any atom is -0.387 e. The fraction of sp³-hybridized carbons (Fsp3) is 0.125. The lowest BCUT2D eigenvalue weighted by molar-refractivity contribution is 1.44. The highest BCUT2D eigenvalue weighted by atomic mass is 79.9. The highest BCUT2D eigenvalue weighted by Gasteiger charge is 1.95. The van der Waals surface area contributed by atoms with Gasteiger partial charge in [0.1, 0.15) is 0 Å². The van der Waals surface area contributed by atoms with Crippen molar-refractivity contribution in [3.05, 3.63) is 27.7 Å². The van der Waals surface area contributed by atoms with E-state index < -0.39 is 0 Å². The number of benzene rings is 1. The summed E-state index contributed by atoms with van der Waals surface area (Å²) in [6.07, 6.45) is 0. The predicted octanol–water partition coefficient (Wildman–Crippen LogP) is 3.11. The molecule has 0 fully saturated rings. The first-order chi connectivity index (χ1) is 5.58. The molecule has 0 aromatic heterocycles. The summed E-state index contributed by atoms with van der Waals surface area (Å²) in [5, 5.41) is 0.643. The fourth-order valence-electron chi connectivity index (χ4n) is 0.807. The first-order valence-corrected chi connectivity index (χ1v) is 4.52. The van der Waals surface area contributed by atoms with Gasteiger partial charge >= 0.3 is 0 Å². The third kappa shape index (κ3) is 2.83. The van der Waals surface area contributed by atoms with Gasteiger partial charge in [-0.3, -0.25) is 0 Å². The van der Waals surface area contributed by atoms with Crippen molar-refractivity contribution >= 4 is 39.1 Å². The van der Waals surface area contributed by atoms with Gasteiger partial charge in [0, 0.05) is 9.50 Å². The number of aliphatic imine (C=N–C) groups is 1.